The van der Waals surface area contributed by atoms with Crippen molar-refractivity contribution < 1.29 is 19.1 Å². The number of rotatable bonds is 8. The summed E-state index contributed by atoms with van der Waals surface area (Å²) in [7, 11) is 1.68. The zero-order chi connectivity index (χ0) is 26.5. The molecular weight excluding hydrogens is 458 g/mol. The van der Waals surface area contributed by atoms with Gasteiger partial charge in [0, 0.05) is 51.0 Å². The third-order valence-electron chi connectivity index (χ3n) is 6.45. The molecule has 1 aromatic carbocycles. The number of pyridine rings is 1. The summed E-state index contributed by atoms with van der Waals surface area (Å²) in [6, 6.07) is 7.10. The minimum absolute atomic E-state index is 0.137. The number of unbranched alkanes of at least 4 members (excludes halogenated alkanes) is 1. The van der Waals surface area contributed by atoms with Gasteiger partial charge in [-0.2, -0.15) is 0 Å². The minimum atomic E-state index is -0.586. The number of nitrogens with zero attached hydrogens (tertiary/aromatic N) is 3. The van der Waals surface area contributed by atoms with Gasteiger partial charge < -0.3 is 23.8 Å². The Balaban J connectivity index is 1.92. The van der Waals surface area contributed by atoms with E-state index in [-0.39, 0.29) is 35.1 Å². The molecule has 0 aliphatic carbocycles. The molecule has 0 spiro atoms. The zero-order valence-corrected chi connectivity index (χ0v) is 22.6. The second kappa shape index (κ2) is 11.9. The first-order valence-corrected chi connectivity index (χ1v) is 12.9. The van der Waals surface area contributed by atoms with Crippen molar-refractivity contribution >= 4 is 22.9 Å². The number of ether oxygens (including phenoxy) is 2. The largest absolute Gasteiger partial charge is 0.444 e. The molecule has 0 N–H and O–H groups in total. The lowest BCUT2D eigenvalue weighted by molar-refractivity contribution is 0.00749. The molecule has 0 unspecified atom stereocenters. The Kier molecular flexibility index (Phi) is 9.17. The number of carbonyl (C=O) groups excluding carboxylic acids is 2. The highest BCUT2D eigenvalue weighted by Crippen LogP contribution is 2.23. The molecular formula is C28H41N3O5. The molecule has 2 aromatic rings. The van der Waals surface area contributed by atoms with Crippen molar-refractivity contribution in [1.82, 2.24) is 14.4 Å². The van der Waals surface area contributed by atoms with Crippen molar-refractivity contribution in [2.24, 2.45) is 0 Å². The number of hydrogen-bond donors (Lipinski definition) is 0. The third-order valence-corrected chi connectivity index (χ3v) is 6.45. The van der Waals surface area contributed by atoms with Gasteiger partial charge >= 0.3 is 6.09 Å². The third kappa shape index (κ3) is 6.66. The quantitative estimate of drug-likeness (QED) is 0.493. The number of piperidine rings is 1. The number of methoxy groups -OCH3 is 1. The molecule has 2 amide bonds. The molecule has 0 radical (unpaired) electrons. The van der Waals surface area contributed by atoms with E-state index in [0.29, 0.717) is 31.6 Å². The van der Waals surface area contributed by atoms with Gasteiger partial charge in [0.15, 0.2) is 0 Å². The lowest BCUT2D eigenvalue weighted by Gasteiger charge is -2.41. The van der Waals surface area contributed by atoms with E-state index in [4.69, 9.17) is 9.47 Å². The van der Waals surface area contributed by atoms with Crippen molar-refractivity contribution in [3.05, 3.63) is 46.2 Å². The topological polar surface area (TPSA) is 81.1 Å². The summed E-state index contributed by atoms with van der Waals surface area (Å²) in [4.78, 5) is 43.6. The number of aromatic nitrogens is 1. The van der Waals surface area contributed by atoms with Crippen molar-refractivity contribution in [3.8, 4) is 0 Å². The predicted octanol–water partition coefficient (Wildman–Crippen LogP) is 4.68. The van der Waals surface area contributed by atoms with E-state index in [0.717, 1.165) is 31.2 Å². The first-order valence-electron chi connectivity index (χ1n) is 12.9. The van der Waals surface area contributed by atoms with E-state index in [1.165, 1.54) is 0 Å². The Morgan fingerprint density at radius 3 is 2.56 bits per heavy atom. The molecule has 2 heterocycles. The molecule has 0 bridgehead atoms. The molecule has 1 aromatic heterocycles. The van der Waals surface area contributed by atoms with E-state index >= 15 is 0 Å². The fourth-order valence-electron chi connectivity index (χ4n) is 4.85. The molecule has 1 aliphatic rings. The van der Waals surface area contributed by atoms with Crippen LogP contribution in [0, 0.1) is 0 Å². The maximum Gasteiger partial charge on any atom is 0.410 e. The molecule has 1 atom stereocenters. The van der Waals surface area contributed by atoms with Crippen molar-refractivity contribution in [2.45, 2.75) is 84.5 Å². The van der Waals surface area contributed by atoms with Crippen molar-refractivity contribution in [3.63, 3.8) is 0 Å². The molecule has 198 valence electrons. The van der Waals surface area contributed by atoms with Gasteiger partial charge in [0.25, 0.3) is 5.91 Å². The monoisotopic (exact) mass is 499 g/mol. The summed E-state index contributed by atoms with van der Waals surface area (Å²) in [5.41, 5.74) is 0.149. The van der Waals surface area contributed by atoms with E-state index in [1.54, 1.807) is 29.2 Å². The first kappa shape index (κ1) is 27.7. The van der Waals surface area contributed by atoms with Crippen LogP contribution < -0.4 is 5.43 Å². The number of aryl methyl sites for hydroxylation is 1. The smallest absolute Gasteiger partial charge is 0.410 e. The number of fused-ring (bicyclic) bond motifs is 1. The van der Waals surface area contributed by atoms with Crippen LogP contribution in [0.25, 0.3) is 10.9 Å². The van der Waals surface area contributed by atoms with Crippen LogP contribution >= 0.6 is 0 Å². The van der Waals surface area contributed by atoms with Crippen LogP contribution in [0.1, 0.15) is 70.7 Å². The van der Waals surface area contributed by atoms with Gasteiger partial charge in [0.2, 0.25) is 5.43 Å². The summed E-state index contributed by atoms with van der Waals surface area (Å²) in [5, 5.41) is 0.540. The van der Waals surface area contributed by atoms with Crippen LogP contribution in [0.15, 0.2) is 35.3 Å². The first-order chi connectivity index (χ1) is 17.0. The molecule has 1 aliphatic heterocycles. The molecule has 1 fully saturated rings. The van der Waals surface area contributed by atoms with Crippen molar-refractivity contribution in [1.29, 1.82) is 0 Å². The fraction of sp³-hybridized carbons (Fsp3) is 0.607. The van der Waals surface area contributed by atoms with E-state index in [9.17, 15) is 14.4 Å². The average molecular weight is 500 g/mol. The van der Waals surface area contributed by atoms with Gasteiger partial charge in [-0.3, -0.25) is 9.59 Å². The zero-order valence-electron chi connectivity index (χ0n) is 22.6. The number of likely N-dealkylation sites (tertiary alicyclic amines) is 1. The second-order valence-electron chi connectivity index (χ2n) is 10.8. The SMILES string of the molecule is COCCCCn1cc(C(=O)N(C(C)C)[C@@H]2CCCN(C(=O)OC(C)(C)C)C2)c(=O)c2ccccc21. The Bertz CT molecular complexity index is 1120. The Morgan fingerprint density at radius 1 is 1.17 bits per heavy atom. The summed E-state index contributed by atoms with van der Waals surface area (Å²) in [6.45, 7) is 11.8. The number of carbonyl (C=O) groups is 2. The van der Waals surface area contributed by atoms with Gasteiger partial charge in [0.1, 0.15) is 11.2 Å². The molecule has 8 heteroatoms. The molecule has 36 heavy (non-hydrogen) atoms. The lowest BCUT2D eigenvalue weighted by atomic mass is 10.0. The predicted molar refractivity (Wildman–Crippen MR) is 141 cm³/mol. The van der Waals surface area contributed by atoms with Crippen LogP contribution in [-0.4, -0.2) is 70.9 Å². The maximum absolute atomic E-state index is 13.9. The van der Waals surface area contributed by atoms with E-state index in [1.807, 2.05) is 57.4 Å². The lowest BCUT2D eigenvalue weighted by Crippen LogP contribution is -2.55. The highest BCUT2D eigenvalue weighted by Gasteiger charge is 2.35. The summed E-state index contributed by atoms with van der Waals surface area (Å²) < 4.78 is 12.7. The van der Waals surface area contributed by atoms with E-state index < -0.39 is 5.60 Å². The Hall–Kier alpha value is -2.87. The van der Waals surface area contributed by atoms with Crippen LogP contribution in [0.2, 0.25) is 0 Å². The number of amides is 2. The molecule has 8 nitrogen and oxygen atoms in total. The van der Waals surface area contributed by atoms with Gasteiger partial charge in [-0.05, 0) is 72.4 Å². The molecule has 0 saturated carbocycles. The highest BCUT2D eigenvalue weighted by molar-refractivity contribution is 5.97. The molecule has 1 saturated heterocycles. The van der Waals surface area contributed by atoms with Gasteiger partial charge in [-0.15, -0.1) is 0 Å². The Morgan fingerprint density at radius 2 is 1.89 bits per heavy atom. The van der Waals surface area contributed by atoms with Crippen molar-refractivity contribution in [2.75, 3.05) is 26.8 Å². The van der Waals surface area contributed by atoms with Crippen LogP contribution in [-0.2, 0) is 16.0 Å². The molecule has 3 rings (SSSR count). The highest BCUT2D eigenvalue weighted by atomic mass is 16.6. The van der Waals surface area contributed by atoms with Crippen LogP contribution in [0.3, 0.4) is 0 Å². The second-order valence-corrected chi connectivity index (χ2v) is 10.8. The van der Waals surface area contributed by atoms with Crippen LogP contribution in [0.4, 0.5) is 4.79 Å². The summed E-state index contributed by atoms with van der Waals surface area (Å²) in [6.07, 6.45) is 4.64. The fourth-order valence-corrected chi connectivity index (χ4v) is 4.85. The Labute approximate surface area is 214 Å². The van der Waals surface area contributed by atoms with Gasteiger partial charge in [0.05, 0.1) is 11.6 Å². The van der Waals surface area contributed by atoms with Gasteiger partial charge in [-0.25, -0.2) is 4.79 Å². The van der Waals surface area contributed by atoms with Gasteiger partial charge in [-0.1, -0.05) is 12.1 Å². The number of para-hydroxylation sites is 1. The summed E-state index contributed by atoms with van der Waals surface area (Å²) >= 11 is 0. The normalized spacial score (nSPS) is 16.4. The standard InChI is InChI=1S/C28H41N3O5/c1-20(2)31(21-12-11-16-30(18-21)27(34)36-28(3,4)5)26(33)23-19-29(15-9-10-17-35-6)24-14-8-7-13-22(24)25(23)32/h7-8,13-14,19-21H,9-12,15-18H2,1-6H3/t21-/m1/s1. The number of benzene rings is 1. The number of hydrogen-bond acceptors (Lipinski definition) is 5. The van der Waals surface area contributed by atoms with Crippen LogP contribution in [0.5, 0.6) is 0 Å². The maximum atomic E-state index is 13.9. The minimum Gasteiger partial charge on any atom is -0.444 e. The summed E-state index contributed by atoms with van der Waals surface area (Å²) in [5.74, 6) is -0.289. The van der Waals surface area contributed by atoms with E-state index in [2.05, 4.69) is 0 Å². The average Bonchev–Trinajstić information content (AvgIpc) is 2.82.